The van der Waals surface area contributed by atoms with E-state index >= 15 is 0 Å². The van der Waals surface area contributed by atoms with E-state index < -0.39 is 0 Å². The third-order valence-corrected chi connectivity index (χ3v) is 3.64. The minimum Gasteiger partial charge on any atom is -0.507 e. The topological polar surface area (TPSA) is 49.7 Å². The minimum absolute atomic E-state index is 0.134. The third-order valence-electron chi connectivity index (χ3n) is 3.64. The van der Waals surface area contributed by atoms with Gasteiger partial charge in [-0.3, -0.25) is 0 Å². The van der Waals surface area contributed by atoms with Gasteiger partial charge < -0.3 is 14.9 Å². The molecule has 0 radical (unpaired) electrons. The van der Waals surface area contributed by atoms with Gasteiger partial charge in [0.15, 0.2) is 11.5 Å². The summed E-state index contributed by atoms with van der Waals surface area (Å²) < 4.78 is 5.21. The van der Waals surface area contributed by atoms with Crippen LogP contribution in [-0.4, -0.2) is 17.3 Å². The van der Waals surface area contributed by atoms with Crippen LogP contribution in [-0.2, 0) is 12.8 Å². The van der Waals surface area contributed by atoms with Gasteiger partial charge >= 0.3 is 0 Å². The molecule has 0 aliphatic rings. The molecule has 0 aliphatic heterocycles. The summed E-state index contributed by atoms with van der Waals surface area (Å²) in [6.07, 6.45) is 4.32. The van der Waals surface area contributed by atoms with Crippen LogP contribution >= 0.6 is 0 Å². The van der Waals surface area contributed by atoms with Crippen LogP contribution in [0.5, 0.6) is 17.2 Å². The Morgan fingerprint density at radius 2 is 1.79 bits per heavy atom. The maximum absolute atomic E-state index is 10.4. The molecule has 0 saturated heterocycles. The van der Waals surface area contributed by atoms with E-state index in [0.29, 0.717) is 29.7 Å². The van der Waals surface area contributed by atoms with Crippen LogP contribution in [0.1, 0.15) is 43.9 Å². The molecule has 3 nitrogen and oxygen atoms in total. The highest BCUT2D eigenvalue weighted by molar-refractivity contribution is 5.62. The van der Waals surface area contributed by atoms with Gasteiger partial charge in [0.2, 0.25) is 0 Å². The van der Waals surface area contributed by atoms with E-state index in [4.69, 9.17) is 4.74 Å². The standard InChI is InChI=1S/C16H24O3/c1-6-10(3)8-9-13-11(4)14(17)16(19-5)12(7-2)15(13)18/h8,17-18H,6-7,9H2,1-5H3/b10-8+. The lowest BCUT2D eigenvalue weighted by Crippen LogP contribution is -1.99. The molecule has 0 heterocycles. The molecule has 0 unspecified atom stereocenters. The number of methoxy groups -OCH3 is 1. The highest BCUT2D eigenvalue weighted by Gasteiger charge is 2.20. The number of phenolic OH excluding ortho intramolecular Hbond substituents is 2. The van der Waals surface area contributed by atoms with Crippen LogP contribution in [0.2, 0.25) is 0 Å². The average molecular weight is 264 g/mol. The fourth-order valence-corrected chi connectivity index (χ4v) is 2.14. The van der Waals surface area contributed by atoms with Crippen LogP contribution in [0.4, 0.5) is 0 Å². The van der Waals surface area contributed by atoms with E-state index in [1.165, 1.54) is 12.7 Å². The highest BCUT2D eigenvalue weighted by Crippen LogP contribution is 2.43. The van der Waals surface area contributed by atoms with Crippen LogP contribution in [0, 0.1) is 6.92 Å². The molecule has 1 aromatic rings. The number of hydrogen-bond donors (Lipinski definition) is 2. The number of aromatic hydroxyl groups is 2. The first-order valence-corrected chi connectivity index (χ1v) is 6.73. The van der Waals surface area contributed by atoms with E-state index in [1.807, 2.05) is 13.8 Å². The van der Waals surface area contributed by atoms with E-state index in [1.54, 1.807) is 0 Å². The molecule has 0 atom stereocenters. The van der Waals surface area contributed by atoms with Gasteiger partial charge in [0.05, 0.1) is 7.11 Å². The van der Waals surface area contributed by atoms with Crippen molar-refractivity contribution in [2.45, 2.75) is 47.0 Å². The van der Waals surface area contributed by atoms with Gasteiger partial charge in [0, 0.05) is 16.7 Å². The van der Waals surface area contributed by atoms with E-state index in [0.717, 1.165) is 12.0 Å². The molecule has 0 aromatic heterocycles. The van der Waals surface area contributed by atoms with Gasteiger partial charge in [0.25, 0.3) is 0 Å². The summed E-state index contributed by atoms with van der Waals surface area (Å²) in [6, 6.07) is 0. The Morgan fingerprint density at radius 3 is 2.26 bits per heavy atom. The van der Waals surface area contributed by atoms with Gasteiger partial charge in [-0.25, -0.2) is 0 Å². The highest BCUT2D eigenvalue weighted by atomic mass is 16.5. The SMILES string of the molecule is CC/C(C)=C/Cc1c(C)c(O)c(OC)c(CC)c1O. The Morgan fingerprint density at radius 1 is 1.16 bits per heavy atom. The first-order chi connectivity index (χ1) is 8.97. The van der Waals surface area contributed by atoms with E-state index in [2.05, 4.69) is 19.9 Å². The average Bonchev–Trinajstić information content (AvgIpc) is 2.41. The lowest BCUT2D eigenvalue weighted by Gasteiger charge is -2.17. The monoisotopic (exact) mass is 264 g/mol. The molecule has 106 valence electrons. The Kier molecular flexibility index (Phi) is 5.28. The summed E-state index contributed by atoms with van der Waals surface area (Å²) in [4.78, 5) is 0. The second kappa shape index (κ2) is 6.50. The number of rotatable bonds is 5. The van der Waals surface area contributed by atoms with E-state index in [-0.39, 0.29) is 11.5 Å². The van der Waals surface area contributed by atoms with Crippen molar-refractivity contribution in [1.29, 1.82) is 0 Å². The normalized spacial score (nSPS) is 11.7. The molecule has 1 rings (SSSR count). The summed E-state index contributed by atoms with van der Waals surface area (Å²) in [5.41, 5.74) is 3.41. The Bertz CT molecular complexity index is 488. The molecule has 0 fully saturated rings. The van der Waals surface area contributed by atoms with Crippen molar-refractivity contribution in [2.24, 2.45) is 0 Å². The van der Waals surface area contributed by atoms with Gasteiger partial charge in [-0.1, -0.05) is 25.5 Å². The number of allylic oxidation sites excluding steroid dienone is 2. The smallest absolute Gasteiger partial charge is 0.167 e. The van der Waals surface area contributed by atoms with Crippen molar-refractivity contribution in [3.8, 4) is 17.2 Å². The molecule has 3 heteroatoms. The summed E-state index contributed by atoms with van der Waals surface area (Å²) in [5, 5.41) is 20.6. The van der Waals surface area contributed by atoms with Crippen LogP contribution < -0.4 is 4.74 Å². The van der Waals surface area contributed by atoms with Crippen LogP contribution in [0.25, 0.3) is 0 Å². The largest absolute Gasteiger partial charge is 0.507 e. The zero-order chi connectivity index (χ0) is 14.6. The van der Waals surface area contributed by atoms with Crippen molar-refractivity contribution in [1.82, 2.24) is 0 Å². The zero-order valence-corrected chi connectivity index (χ0v) is 12.5. The number of phenols is 2. The van der Waals surface area contributed by atoms with Crippen molar-refractivity contribution in [2.75, 3.05) is 7.11 Å². The van der Waals surface area contributed by atoms with Crippen molar-refractivity contribution in [3.05, 3.63) is 28.3 Å². The predicted molar refractivity (Wildman–Crippen MR) is 78.2 cm³/mol. The predicted octanol–water partition coefficient (Wildman–Crippen LogP) is 3.88. The number of benzene rings is 1. The maximum Gasteiger partial charge on any atom is 0.167 e. The maximum atomic E-state index is 10.4. The summed E-state index contributed by atoms with van der Waals surface area (Å²) in [7, 11) is 1.51. The molecule has 19 heavy (non-hydrogen) atoms. The Hall–Kier alpha value is -1.64. The Balaban J connectivity index is 3.37. The lowest BCUT2D eigenvalue weighted by atomic mass is 9.96. The fraction of sp³-hybridized carbons (Fsp3) is 0.500. The first kappa shape index (κ1) is 15.4. The summed E-state index contributed by atoms with van der Waals surface area (Å²) in [5.74, 6) is 0.766. The van der Waals surface area contributed by atoms with Crippen molar-refractivity contribution < 1.29 is 14.9 Å². The third kappa shape index (κ3) is 3.03. The quantitative estimate of drug-likeness (QED) is 0.627. The molecule has 0 bridgehead atoms. The van der Waals surface area contributed by atoms with Crippen molar-refractivity contribution in [3.63, 3.8) is 0 Å². The van der Waals surface area contributed by atoms with Gasteiger partial charge in [-0.2, -0.15) is 0 Å². The van der Waals surface area contributed by atoms with Gasteiger partial charge in [-0.15, -0.1) is 0 Å². The van der Waals surface area contributed by atoms with E-state index in [9.17, 15) is 10.2 Å². The fourth-order valence-electron chi connectivity index (χ4n) is 2.14. The van der Waals surface area contributed by atoms with Gasteiger partial charge in [0.1, 0.15) is 5.75 Å². The first-order valence-electron chi connectivity index (χ1n) is 6.73. The summed E-state index contributed by atoms with van der Waals surface area (Å²) >= 11 is 0. The molecular weight excluding hydrogens is 240 g/mol. The summed E-state index contributed by atoms with van der Waals surface area (Å²) in [6.45, 7) is 7.91. The Labute approximate surface area is 115 Å². The molecule has 0 amide bonds. The molecule has 0 saturated carbocycles. The lowest BCUT2D eigenvalue weighted by molar-refractivity contribution is 0.360. The molecular formula is C16H24O3. The van der Waals surface area contributed by atoms with Crippen LogP contribution in [0.15, 0.2) is 11.6 Å². The molecule has 0 spiro atoms. The number of ether oxygens (including phenoxy) is 1. The molecule has 2 N–H and O–H groups in total. The zero-order valence-electron chi connectivity index (χ0n) is 12.5. The van der Waals surface area contributed by atoms with Crippen molar-refractivity contribution >= 4 is 0 Å². The second-order valence-electron chi connectivity index (χ2n) is 4.77. The number of hydrogen-bond acceptors (Lipinski definition) is 3. The van der Waals surface area contributed by atoms with Crippen LogP contribution in [0.3, 0.4) is 0 Å². The molecule has 0 aliphatic carbocycles. The second-order valence-corrected chi connectivity index (χ2v) is 4.77. The minimum atomic E-state index is 0.134. The van der Waals surface area contributed by atoms with Gasteiger partial charge in [-0.05, 0) is 33.1 Å². The molecule has 1 aromatic carbocycles.